The molecule has 0 aliphatic rings. The number of carbonyl (C=O) groups is 1. The predicted octanol–water partition coefficient (Wildman–Crippen LogP) is 1.27. The second-order valence-corrected chi connectivity index (χ2v) is 5.07. The fraction of sp³-hybridized carbons (Fsp3) is 0.417. The molecule has 0 bridgehead atoms. The van der Waals surface area contributed by atoms with Crippen molar-refractivity contribution < 1.29 is 9.53 Å². The SMILES string of the molecule is CC(C)(C)C(=O)OCn1ccc2c(=O)[nH]cnc21. The fourth-order valence-electron chi connectivity index (χ4n) is 1.46. The molecule has 6 heteroatoms. The lowest BCUT2D eigenvalue weighted by atomic mass is 9.98. The Labute approximate surface area is 104 Å². The highest BCUT2D eigenvalue weighted by molar-refractivity contribution is 5.76. The number of hydrogen-bond donors (Lipinski definition) is 1. The molecule has 2 aromatic rings. The van der Waals surface area contributed by atoms with E-state index >= 15 is 0 Å². The summed E-state index contributed by atoms with van der Waals surface area (Å²) < 4.78 is 6.79. The number of nitrogens with one attached hydrogen (secondary N) is 1. The molecule has 0 atom stereocenters. The van der Waals surface area contributed by atoms with Crippen LogP contribution in [0.4, 0.5) is 0 Å². The first-order valence-electron chi connectivity index (χ1n) is 5.59. The highest BCUT2D eigenvalue weighted by atomic mass is 16.5. The zero-order valence-corrected chi connectivity index (χ0v) is 10.6. The summed E-state index contributed by atoms with van der Waals surface area (Å²) in [5.74, 6) is -0.297. The maximum atomic E-state index is 11.6. The van der Waals surface area contributed by atoms with Crippen LogP contribution in [0.3, 0.4) is 0 Å². The molecule has 0 fully saturated rings. The Morgan fingerprint density at radius 1 is 1.50 bits per heavy atom. The van der Waals surface area contributed by atoms with Crippen LogP contribution >= 0.6 is 0 Å². The van der Waals surface area contributed by atoms with Crippen LogP contribution in [0.5, 0.6) is 0 Å². The summed E-state index contributed by atoms with van der Waals surface area (Å²) in [6, 6.07) is 1.64. The van der Waals surface area contributed by atoms with Gasteiger partial charge >= 0.3 is 5.97 Å². The fourth-order valence-corrected chi connectivity index (χ4v) is 1.46. The second-order valence-electron chi connectivity index (χ2n) is 5.07. The Balaban J connectivity index is 2.21. The third-order valence-electron chi connectivity index (χ3n) is 2.51. The number of aromatic amines is 1. The second kappa shape index (κ2) is 4.29. The van der Waals surface area contributed by atoms with Gasteiger partial charge in [-0.1, -0.05) is 0 Å². The summed E-state index contributed by atoms with van der Waals surface area (Å²) in [5.41, 5.74) is -0.255. The molecule has 1 N–H and O–H groups in total. The number of fused-ring (bicyclic) bond motifs is 1. The molecule has 0 radical (unpaired) electrons. The number of nitrogens with zero attached hydrogens (tertiary/aromatic N) is 2. The number of esters is 1. The maximum absolute atomic E-state index is 11.6. The van der Waals surface area contributed by atoms with Gasteiger partial charge in [-0.15, -0.1) is 0 Å². The van der Waals surface area contributed by atoms with Crippen LogP contribution in [0.2, 0.25) is 0 Å². The minimum Gasteiger partial charge on any atom is -0.443 e. The van der Waals surface area contributed by atoms with E-state index in [1.807, 2.05) is 0 Å². The molecule has 0 amide bonds. The topological polar surface area (TPSA) is 77.0 Å². The van der Waals surface area contributed by atoms with E-state index in [4.69, 9.17) is 4.74 Å². The number of aromatic nitrogens is 3. The monoisotopic (exact) mass is 249 g/mol. The van der Waals surface area contributed by atoms with Gasteiger partial charge in [-0.05, 0) is 26.8 Å². The lowest BCUT2D eigenvalue weighted by molar-refractivity contribution is -0.156. The molecule has 0 aliphatic heterocycles. The quantitative estimate of drug-likeness (QED) is 0.813. The Morgan fingerprint density at radius 3 is 2.89 bits per heavy atom. The first kappa shape index (κ1) is 12.3. The molecular formula is C12H15N3O3. The average molecular weight is 249 g/mol. The van der Waals surface area contributed by atoms with Crippen molar-refractivity contribution >= 4 is 17.0 Å². The first-order chi connectivity index (χ1) is 8.39. The first-order valence-corrected chi connectivity index (χ1v) is 5.59. The third kappa shape index (κ3) is 2.27. The Bertz CT molecular complexity index is 634. The van der Waals surface area contributed by atoms with E-state index in [0.29, 0.717) is 11.0 Å². The summed E-state index contributed by atoms with van der Waals surface area (Å²) in [6.07, 6.45) is 3.00. The van der Waals surface area contributed by atoms with Gasteiger partial charge in [0, 0.05) is 6.20 Å². The van der Waals surface area contributed by atoms with E-state index in [0.717, 1.165) is 0 Å². The van der Waals surface area contributed by atoms with Crippen LogP contribution in [0.1, 0.15) is 20.8 Å². The number of rotatable bonds is 2. The maximum Gasteiger partial charge on any atom is 0.312 e. The van der Waals surface area contributed by atoms with Crippen molar-refractivity contribution in [2.45, 2.75) is 27.5 Å². The molecule has 0 aromatic carbocycles. The largest absolute Gasteiger partial charge is 0.443 e. The van der Waals surface area contributed by atoms with Gasteiger partial charge in [-0.2, -0.15) is 0 Å². The molecule has 6 nitrogen and oxygen atoms in total. The highest BCUT2D eigenvalue weighted by Gasteiger charge is 2.23. The molecular weight excluding hydrogens is 234 g/mol. The van der Waals surface area contributed by atoms with E-state index in [9.17, 15) is 9.59 Å². The van der Waals surface area contributed by atoms with Gasteiger partial charge in [0.2, 0.25) is 0 Å². The normalized spacial score (nSPS) is 11.7. The van der Waals surface area contributed by atoms with Gasteiger partial charge in [0.25, 0.3) is 5.56 Å². The van der Waals surface area contributed by atoms with Crippen LogP contribution < -0.4 is 5.56 Å². The Kier molecular flexibility index (Phi) is 2.94. The number of ether oxygens (including phenoxy) is 1. The van der Waals surface area contributed by atoms with Gasteiger partial charge in [0.05, 0.1) is 17.1 Å². The molecule has 0 saturated heterocycles. The molecule has 2 heterocycles. The van der Waals surface area contributed by atoms with Gasteiger partial charge in [-0.3, -0.25) is 14.2 Å². The average Bonchev–Trinajstić information content (AvgIpc) is 2.69. The van der Waals surface area contributed by atoms with E-state index in [-0.39, 0.29) is 18.3 Å². The summed E-state index contributed by atoms with van der Waals surface area (Å²) in [7, 11) is 0. The zero-order chi connectivity index (χ0) is 13.3. The molecule has 2 rings (SSSR count). The molecule has 0 saturated carbocycles. The van der Waals surface area contributed by atoms with Crippen molar-refractivity contribution in [3.05, 3.63) is 28.9 Å². The summed E-state index contributed by atoms with van der Waals surface area (Å²) in [6.45, 7) is 5.40. The third-order valence-corrected chi connectivity index (χ3v) is 2.51. The van der Waals surface area contributed by atoms with E-state index < -0.39 is 5.41 Å². The van der Waals surface area contributed by atoms with Crippen molar-refractivity contribution in [2.75, 3.05) is 0 Å². The lowest BCUT2D eigenvalue weighted by Gasteiger charge is -2.16. The minimum absolute atomic E-state index is 0.0516. The standard InChI is InChI=1S/C12H15N3O3/c1-12(2,3)11(17)18-7-15-5-4-8-9(15)13-6-14-10(8)16/h4-6H,7H2,1-3H3,(H,13,14,16). The summed E-state index contributed by atoms with van der Waals surface area (Å²) in [5, 5.41) is 0.476. The van der Waals surface area contributed by atoms with Gasteiger partial charge < -0.3 is 9.72 Å². The minimum atomic E-state index is -0.548. The van der Waals surface area contributed by atoms with Crippen LogP contribution in [0, 0.1) is 5.41 Å². The molecule has 0 spiro atoms. The predicted molar refractivity (Wildman–Crippen MR) is 65.9 cm³/mol. The zero-order valence-electron chi connectivity index (χ0n) is 10.6. The molecule has 96 valence electrons. The Hall–Kier alpha value is -2.11. The molecule has 2 aromatic heterocycles. The van der Waals surface area contributed by atoms with Crippen LogP contribution in [-0.4, -0.2) is 20.5 Å². The van der Waals surface area contributed by atoms with E-state index in [1.54, 1.807) is 37.6 Å². The highest BCUT2D eigenvalue weighted by Crippen LogP contribution is 2.16. The van der Waals surface area contributed by atoms with Crippen LogP contribution in [0.25, 0.3) is 11.0 Å². The van der Waals surface area contributed by atoms with Gasteiger partial charge in [-0.25, -0.2) is 4.98 Å². The smallest absolute Gasteiger partial charge is 0.312 e. The van der Waals surface area contributed by atoms with E-state index in [2.05, 4.69) is 9.97 Å². The number of hydrogen-bond acceptors (Lipinski definition) is 4. The molecule has 0 unspecified atom stereocenters. The van der Waals surface area contributed by atoms with Crippen molar-refractivity contribution in [1.29, 1.82) is 0 Å². The molecule has 18 heavy (non-hydrogen) atoms. The molecule has 0 aliphatic carbocycles. The van der Waals surface area contributed by atoms with Gasteiger partial charge in [0.15, 0.2) is 6.73 Å². The van der Waals surface area contributed by atoms with Crippen molar-refractivity contribution in [3.8, 4) is 0 Å². The van der Waals surface area contributed by atoms with E-state index in [1.165, 1.54) is 6.33 Å². The summed E-state index contributed by atoms with van der Waals surface area (Å²) in [4.78, 5) is 29.7. The van der Waals surface area contributed by atoms with Crippen molar-refractivity contribution in [1.82, 2.24) is 14.5 Å². The lowest BCUT2D eigenvalue weighted by Crippen LogP contribution is -2.24. The van der Waals surface area contributed by atoms with Crippen molar-refractivity contribution in [3.63, 3.8) is 0 Å². The number of H-pyrrole nitrogens is 1. The van der Waals surface area contributed by atoms with Crippen molar-refractivity contribution in [2.24, 2.45) is 5.41 Å². The summed E-state index contributed by atoms with van der Waals surface area (Å²) >= 11 is 0. The number of carbonyl (C=O) groups excluding carboxylic acids is 1. The van der Waals surface area contributed by atoms with Gasteiger partial charge in [0.1, 0.15) is 5.65 Å². The van der Waals surface area contributed by atoms with Crippen LogP contribution in [0.15, 0.2) is 23.4 Å². The Morgan fingerprint density at radius 2 is 2.22 bits per heavy atom. The van der Waals surface area contributed by atoms with Crippen LogP contribution in [-0.2, 0) is 16.3 Å².